The zero-order valence-corrected chi connectivity index (χ0v) is 23.1. The molecule has 1 saturated heterocycles. The molecule has 2 aliphatic carbocycles. The molecule has 3 aliphatic rings. The molecular weight excluding hydrogens is 530 g/mol. The SMILES string of the molecule is O=C1C(=Cc2cc(Cl)c(OCc3ccccc3F)c(Cl)c2)SC(=NC2CCCCC2)N1C1CCCCC1. The lowest BCUT2D eigenvalue weighted by Gasteiger charge is -2.31. The first kappa shape index (κ1) is 26.6. The number of amidine groups is 1. The van der Waals surface area contributed by atoms with Gasteiger partial charge in [-0.25, -0.2) is 4.39 Å². The number of halogens is 3. The highest BCUT2D eigenvalue weighted by molar-refractivity contribution is 8.18. The van der Waals surface area contributed by atoms with E-state index in [-0.39, 0.29) is 24.4 Å². The van der Waals surface area contributed by atoms with Crippen LogP contribution in [0.25, 0.3) is 6.08 Å². The second kappa shape index (κ2) is 12.2. The summed E-state index contributed by atoms with van der Waals surface area (Å²) >= 11 is 14.5. The van der Waals surface area contributed by atoms with Gasteiger partial charge in [0.2, 0.25) is 0 Å². The Bertz CT molecular complexity index is 1180. The van der Waals surface area contributed by atoms with E-state index in [2.05, 4.69) is 0 Å². The van der Waals surface area contributed by atoms with Crippen LogP contribution in [-0.2, 0) is 11.4 Å². The standard InChI is InChI=1S/C29H31Cl2FN2O2S/c30-23-15-19(16-24(31)27(23)36-18-20-9-7-8-14-25(20)32)17-26-28(35)34(22-12-5-2-6-13-22)29(37-26)33-21-10-3-1-4-11-21/h7-9,14-17,21-22H,1-6,10-13,18H2. The Balaban J connectivity index is 1.38. The summed E-state index contributed by atoms with van der Waals surface area (Å²) in [5, 5.41) is 1.47. The van der Waals surface area contributed by atoms with E-state index in [1.807, 2.05) is 11.0 Å². The minimum atomic E-state index is -0.346. The number of nitrogens with zero attached hydrogens (tertiary/aromatic N) is 2. The summed E-state index contributed by atoms with van der Waals surface area (Å²) < 4.78 is 19.7. The van der Waals surface area contributed by atoms with E-state index in [0.29, 0.717) is 37.9 Å². The van der Waals surface area contributed by atoms with E-state index in [4.69, 9.17) is 32.9 Å². The molecule has 0 atom stereocenters. The lowest BCUT2D eigenvalue weighted by molar-refractivity contribution is -0.124. The number of benzene rings is 2. The summed E-state index contributed by atoms with van der Waals surface area (Å²) in [5.41, 5.74) is 1.13. The minimum absolute atomic E-state index is 0.0121. The Hall–Kier alpha value is -2.02. The maximum atomic E-state index is 14.0. The molecule has 4 nitrogen and oxygen atoms in total. The molecule has 1 aliphatic heterocycles. The molecule has 0 N–H and O–H groups in total. The van der Waals surface area contributed by atoms with Crippen molar-refractivity contribution in [2.75, 3.05) is 0 Å². The molecule has 2 aromatic carbocycles. The topological polar surface area (TPSA) is 41.9 Å². The maximum Gasteiger partial charge on any atom is 0.266 e. The summed E-state index contributed by atoms with van der Waals surface area (Å²) in [6, 6.07) is 10.4. The number of carbonyl (C=O) groups excluding carboxylic acids is 1. The Morgan fingerprint density at radius 1 is 1.00 bits per heavy atom. The van der Waals surface area contributed by atoms with Crippen LogP contribution in [0.1, 0.15) is 75.3 Å². The molecule has 0 unspecified atom stereocenters. The van der Waals surface area contributed by atoms with Crippen molar-refractivity contribution in [3.8, 4) is 5.75 Å². The molecule has 2 saturated carbocycles. The van der Waals surface area contributed by atoms with Crippen molar-refractivity contribution >= 4 is 52.1 Å². The van der Waals surface area contributed by atoms with Gasteiger partial charge in [0.1, 0.15) is 12.4 Å². The van der Waals surface area contributed by atoms with Gasteiger partial charge in [0.05, 0.1) is 21.0 Å². The van der Waals surface area contributed by atoms with Crippen molar-refractivity contribution in [2.24, 2.45) is 4.99 Å². The van der Waals surface area contributed by atoms with Crippen LogP contribution in [0.4, 0.5) is 4.39 Å². The molecule has 196 valence electrons. The van der Waals surface area contributed by atoms with Gasteiger partial charge in [-0.05, 0) is 67.3 Å². The number of aliphatic imine (C=N–C) groups is 1. The highest BCUT2D eigenvalue weighted by Gasteiger charge is 2.39. The van der Waals surface area contributed by atoms with E-state index in [0.717, 1.165) is 43.7 Å². The van der Waals surface area contributed by atoms with Crippen LogP contribution < -0.4 is 4.74 Å². The van der Waals surface area contributed by atoms with Crippen molar-refractivity contribution in [2.45, 2.75) is 82.9 Å². The Kier molecular flexibility index (Phi) is 8.78. The second-order valence-electron chi connectivity index (χ2n) is 9.97. The predicted molar refractivity (Wildman–Crippen MR) is 151 cm³/mol. The molecule has 1 amide bonds. The smallest absolute Gasteiger partial charge is 0.266 e. The first-order valence-corrected chi connectivity index (χ1v) is 14.7. The summed E-state index contributed by atoms with van der Waals surface area (Å²) in [4.78, 5) is 21.3. The van der Waals surface area contributed by atoms with Crippen LogP contribution in [0.2, 0.25) is 10.0 Å². The third-order valence-electron chi connectivity index (χ3n) is 7.29. The fraction of sp³-hybridized carbons (Fsp3) is 0.448. The van der Waals surface area contributed by atoms with E-state index in [1.54, 1.807) is 30.3 Å². The zero-order chi connectivity index (χ0) is 25.8. The third-order valence-corrected chi connectivity index (χ3v) is 8.85. The largest absolute Gasteiger partial charge is 0.486 e. The third kappa shape index (κ3) is 6.35. The molecule has 0 spiro atoms. The molecule has 1 heterocycles. The van der Waals surface area contributed by atoms with Crippen LogP contribution in [0.15, 0.2) is 46.3 Å². The molecule has 0 aromatic heterocycles. The van der Waals surface area contributed by atoms with Gasteiger partial charge in [0.15, 0.2) is 10.9 Å². The molecule has 37 heavy (non-hydrogen) atoms. The molecule has 5 rings (SSSR count). The van der Waals surface area contributed by atoms with Crippen molar-refractivity contribution in [1.82, 2.24) is 4.90 Å². The average Bonchev–Trinajstić information content (AvgIpc) is 3.19. The Morgan fingerprint density at radius 3 is 2.32 bits per heavy atom. The van der Waals surface area contributed by atoms with Crippen molar-refractivity contribution in [3.63, 3.8) is 0 Å². The van der Waals surface area contributed by atoms with Gasteiger partial charge in [-0.15, -0.1) is 0 Å². The van der Waals surface area contributed by atoms with E-state index < -0.39 is 0 Å². The van der Waals surface area contributed by atoms with E-state index >= 15 is 0 Å². The van der Waals surface area contributed by atoms with Crippen LogP contribution in [-0.4, -0.2) is 28.1 Å². The number of amides is 1. The molecular formula is C29H31Cl2FN2O2S. The van der Waals surface area contributed by atoms with Gasteiger partial charge in [0.25, 0.3) is 5.91 Å². The van der Waals surface area contributed by atoms with Gasteiger partial charge in [-0.1, -0.05) is 79.9 Å². The molecule has 2 aromatic rings. The number of carbonyl (C=O) groups is 1. The van der Waals surface area contributed by atoms with Crippen LogP contribution >= 0.6 is 35.0 Å². The van der Waals surface area contributed by atoms with Crippen LogP contribution in [0.5, 0.6) is 5.75 Å². The maximum absolute atomic E-state index is 14.0. The normalized spacial score (nSPS) is 21.8. The Morgan fingerprint density at radius 2 is 1.65 bits per heavy atom. The van der Waals surface area contributed by atoms with Gasteiger partial charge >= 0.3 is 0 Å². The van der Waals surface area contributed by atoms with Crippen molar-refractivity contribution in [1.29, 1.82) is 0 Å². The Labute approximate surface area is 232 Å². The van der Waals surface area contributed by atoms with Gasteiger partial charge in [0, 0.05) is 11.6 Å². The summed E-state index contributed by atoms with van der Waals surface area (Å²) in [6.07, 6.45) is 13.3. The minimum Gasteiger partial charge on any atom is -0.486 e. The lowest BCUT2D eigenvalue weighted by Crippen LogP contribution is -2.41. The van der Waals surface area contributed by atoms with Gasteiger partial charge in [-0.3, -0.25) is 14.7 Å². The summed E-state index contributed by atoms with van der Waals surface area (Å²) in [5.74, 6) is -0.0396. The zero-order valence-electron chi connectivity index (χ0n) is 20.7. The number of rotatable bonds is 6. The van der Waals surface area contributed by atoms with Crippen LogP contribution in [0, 0.1) is 5.82 Å². The summed E-state index contributed by atoms with van der Waals surface area (Å²) in [7, 11) is 0. The fourth-order valence-electron chi connectivity index (χ4n) is 5.32. The molecule has 8 heteroatoms. The highest BCUT2D eigenvalue weighted by Crippen LogP contribution is 2.40. The van der Waals surface area contributed by atoms with Gasteiger partial charge in [-0.2, -0.15) is 0 Å². The highest BCUT2D eigenvalue weighted by atomic mass is 35.5. The second-order valence-corrected chi connectivity index (χ2v) is 11.8. The average molecular weight is 562 g/mol. The monoisotopic (exact) mass is 560 g/mol. The van der Waals surface area contributed by atoms with Gasteiger partial charge < -0.3 is 4.74 Å². The summed E-state index contributed by atoms with van der Waals surface area (Å²) in [6.45, 7) is 0.0121. The number of thioether (sulfide) groups is 1. The van der Waals surface area contributed by atoms with E-state index in [9.17, 15) is 9.18 Å². The molecule has 0 radical (unpaired) electrons. The first-order chi connectivity index (χ1) is 18.0. The molecule has 0 bridgehead atoms. The van der Waals surface area contributed by atoms with E-state index in [1.165, 1.54) is 43.5 Å². The lowest BCUT2D eigenvalue weighted by atomic mass is 9.94. The van der Waals surface area contributed by atoms with Crippen molar-refractivity contribution in [3.05, 3.63) is 68.3 Å². The number of ether oxygens (including phenoxy) is 1. The molecule has 3 fully saturated rings. The first-order valence-electron chi connectivity index (χ1n) is 13.2. The number of hydrogen-bond acceptors (Lipinski definition) is 4. The number of hydrogen-bond donors (Lipinski definition) is 0. The van der Waals surface area contributed by atoms with Crippen LogP contribution in [0.3, 0.4) is 0 Å². The fourth-order valence-corrected chi connectivity index (χ4v) is 7.04. The van der Waals surface area contributed by atoms with Crippen molar-refractivity contribution < 1.29 is 13.9 Å². The quantitative estimate of drug-likeness (QED) is 0.332. The predicted octanol–water partition coefficient (Wildman–Crippen LogP) is 8.65.